The number of aromatic nitrogens is 2. The minimum absolute atomic E-state index is 0.510. The van der Waals surface area contributed by atoms with Crippen LogP contribution in [0.3, 0.4) is 0 Å². The minimum atomic E-state index is 0.510. The van der Waals surface area contributed by atoms with E-state index in [1.807, 2.05) is 31.5 Å². The molecule has 3 rings (SSSR count). The maximum Gasteiger partial charge on any atom is 0.179 e. The average Bonchev–Trinajstić information content (AvgIpc) is 2.92. The quantitative estimate of drug-likeness (QED) is 0.881. The minimum Gasteiger partial charge on any atom is -0.486 e. The Kier molecular flexibility index (Phi) is 5.08. The number of imidazole rings is 1. The van der Waals surface area contributed by atoms with Gasteiger partial charge in [0.1, 0.15) is 19.0 Å². The van der Waals surface area contributed by atoms with Crippen LogP contribution in [0.1, 0.15) is 18.3 Å². The van der Waals surface area contributed by atoms with E-state index in [0.717, 1.165) is 36.8 Å². The summed E-state index contributed by atoms with van der Waals surface area (Å²) in [6.45, 7) is 8.01. The zero-order valence-corrected chi connectivity index (χ0v) is 14.3. The van der Waals surface area contributed by atoms with Crippen molar-refractivity contribution in [3.05, 3.63) is 40.9 Å². The number of rotatable bonds is 6. The molecule has 1 aromatic heterocycles. The summed E-state index contributed by atoms with van der Waals surface area (Å²) in [5.41, 5.74) is 1.10. The summed E-state index contributed by atoms with van der Waals surface area (Å²) >= 11 is 6.26. The Hall–Kier alpha value is -1.72. The fraction of sp³-hybridized carbons (Fsp3) is 0.471. The summed E-state index contributed by atoms with van der Waals surface area (Å²) in [5, 5.41) is 4.09. The van der Waals surface area contributed by atoms with Crippen molar-refractivity contribution in [1.29, 1.82) is 0 Å². The van der Waals surface area contributed by atoms with Crippen LogP contribution in [0.25, 0.3) is 0 Å². The van der Waals surface area contributed by atoms with Gasteiger partial charge < -0.3 is 19.4 Å². The van der Waals surface area contributed by atoms with E-state index < -0.39 is 0 Å². The Bertz CT molecular complexity index is 672. The zero-order chi connectivity index (χ0) is 16.2. The molecule has 1 aliphatic rings. The molecule has 2 aromatic rings. The molecule has 0 aliphatic carbocycles. The molecule has 0 fully saturated rings. The van der Waals surface area contributed by atoms with E-state index in [1.165, 1.54) is 0 Å². The lowest BCUT2D eigenvalue weighted by Gasteiger charge is -2.20. The molecule has 6 heteroatoms. The monoisotopic (exact) mass is 335 g/mol. The highest BCUT2D eigenvalue weighted by atomic mass is 35.5. The van der Waals surface area contributed by atoms with Gasteiger partial charge in [-0.05, 0) is 37.1 Å². The average molecular weight is 336 g/mol. The standard InChI is InChI=1S/C17H22ClN3O2/c1-12(11-21-4-3-20-13(21)2)9-19-10-14-7-15(18)17-16(8-14)22-5-6-23-17/h3-4,7-8,12,19H,5-6,9-11H2,1-2H3. The molecule has 0 radical (unpaired) electrons. The Morgan fingerprint density at radius 2 is 2.17 bits per heavy atom. The highest BCUT2D eigenvalue weighted by Gasteiger charge is 2.16. The third-order valence-corrected chi connectivity index (χ3v) is 4.19. The lowest BCUT2D eigenvalue weighted by Crippen LogP contribution is -2.24. The first-order valence-corrected chi connectivity index (χ1v) is 8.27. The molecule has 1 unspecified atom stereocenters. The first-order valence-electron chi connectivity index (χ1n) is 7.90. The van der Waals surface area contributed by atoms with Crippen LogP contribution in [0.2, 0.25) is 5.02 Å². The molecule has 1 aromatic carbocycles. The van der Waals surface area contributed by atoms with Crippen molar-refractivity contribution in [1.82, 2.24) is 14.9 Å². The number of halogens is 1. The molecule has 0 saturated carbocycles. The largest absolute Gasteiger partial charge is 0.486 e. The molecular formula is C17H22ClN3O2. The lowest BCUT2D eigenvalue weighted by atomic mass is 10.1. The lowest BCUT2D eigenvalue weighted by molar-refractivity contribution is 0.171. The molecule has 1 atom stereocenters. The fourth-order valence-corrected chi connectivity index (χ4v) is 3.01. The Morgan fingerprint density at radius 1 is 1.35 bits per heavy atom. The van der Waals surface area contributed by atoms with Crippen molar-refractivity contribution < 1.29 is 9.47 Å². The van der Waals surface area contributed by atoms with Gasteiger partial charge in [0, 0.05) is 25.5 Å². The van der Waals surface area contributed by atoms with Gasteiger partial charge in [-0.2, -0.15) is 0 Å². The predicted molar refractivity (Wildman–Crippen MR) is 90.3 cm³/mol. The number of benzene rings is 1. The third kappa shape index (κ3) is 3.98. The molecule has 0 amide bonds. The first kappa shape index (κ1) is 16.1. The third-order valence-electron chi connectivity index (χ3n) is 3.91. The van der Waals surface area contributed by atoms with Crippen LogP contribution in [-0.2, 0) is 13.1 Å². The summed E-state index contributed by atoms with van der Waals surface area (Å²) in [7, 11) is 0. The van der Waals surface area contributed by atoms with E-state index >= 15 is 0 Å². The van der Waals surface area contributed by atoms with E-state index in [2.05, 4.69) is 21.8 Å². The number of nitrogens with one attached hydrogen (secondary N) is 1. The van der Waals surface area contributed by atoms with Crippen LogP contribution in [0.4, 0.5) is 0 Å². The molecule has 23 heavy (non-hydrogen) atoms. The van der Waals surface area contributed by atoms with Crippen LogP contribution in [-0.4, -0.2) is 29.3 Å². The van der Waals surface area contributed by atoms with E-state index in [0.29, 0.717) is 29.9 Å². The highest BCUT2D eigenvalue weighted by molar-refractivity contribution is 6.32. The number of hydrogen-bond acceptors (Lipinski definition) is 4. The van der Waals surface area contributed by atoms with Gasteiger partial charge in [0.15, 0.2) is 11.5 Å². The molecule has 0 bridgehead atoms. The molecule has 124 valence electrons. The predicted octanol–water partition coefficient (Wildman–Crippen LogP) is 3.04. The number of nitrogens with zero attached hydrogens (tertiary/aromatic N) is 2. The van der Waals surface area contributed by atoms with E-state index in [1.54, 1.807) is 0 Å². The van der Waals surface area contributed by atoms with Crippen molar-refractivity contribution in [2.75, 3.05) is 19.8 Å². The Morgan fingerprint density at radius 3 is 2.96 bits per heavy atom. The molecule has 1 N–H and O–H groups in total. The summed E-state index contributed by atoms with van der Waals surface area (Å²) in [5.74, 6) is 2.96. The van der Waals surface area contributed by atoms with Crippen LogP contribution in [0, 0.1) is 12.8 Å². The summed E-state index contributed by atoms with van der Waals surface area (Å²) in [6.07, 6.45) is 3.86. The SMILES string of the molecule is Cc1nccn1CC(C)CNCc1cc(Cl)c2c(c1)OCCO2. The topological polar surface area (TPSA) is 48.3 Å². The smallest absolute Gasteiger partial charge is 0.179 e. The summed E-state index contributed by atoms with van der Waals surface area (Å²) in [6, 6.07) is 3.94. The fourth-order valence-electron chi connectivity index (χ4n) is 2.73. The van der Waals surface area contributed by atoms with Crippen molar-refractivity contribution in [2.45, 2.75) is 26.9 Å². The van der Waals surface area contributed by atoms with Gasteiger partial charge in [0.05, 0.1) is 5.02 Å². The van der Waals surface area contributed by atoms with Gasteiger partial charge in [-0.1, -0.05) is 18.5 Å². The second-order valence-corrected chi connectivity index (χ2v) is 6.37. The van der Waals surface area contributed by atoms with Gasteiger partial charge >= 0.3 is 0 Å². The molecular weight excluding hydrogens is 314 g/mol. The van der Waals surface area contributed by atoms with Crippen molar-refractivity contribution in [3.8, 4) is 11.5 Å². The summed E-state index contributed by atoms with van der Waals surface area (Å²) in [4.78, 5) is 4.25. The van der Waals surface area contributed by atoms with Crippen molar-refractivity contribution in [2.24, 2.45) is 5.92 Å². The second-order valence-electron chi connectivity index (χ2n) is 5.96. The number of hydrogen-bond donors (Lipinski definition) is 1. The van der Waals surface area contributed by atoms with Gasteiger partial charge in [-0.15, -0.1) is 0 Å². The van der Waals surface area contributed by atoms with E-state index in [9.17, 15) is 0 Å². The number of fused-ring (bicyclic) bond motifs is 1. The maximum atomic E-state index is 6.26. The molecule has 5 nitrogen and oxygen atoms in total. The zero-order valence-electron chi connectivity index (χ0n) is 13.5. The molecule has 1 aliphatic heterocycles. The van der Waals surface area contributed by atoms with Crippen LogP contribution < -0.4 is 14.8 Å². The summed E-state index contributed by atoms with van der Waals surface area (Å²) < 4.78 is 13.3. The molecule has 0 saturated heterocycles. The van der Waals surface area contributed by atoms with E-state index in [-0.39, 0.29) is 0 Å². The van der Waals surface area contributed by atoms with Gasteiger partial charge in [0.2, 0.25) is 0 Å². The molecule has 0 spiro atoms. The van der Waals surface area contributed by atoms with Crippen LogP contribution in [0.15, 0.2) is 24.5 Å². The first-order chi connectivity index (χ1) is 11.1. The van der Waals surface area contributed by atoms with Crippen LogP contribution >= 0.6 is 11.6 Å². The second kappa shape index (κ2) is 7.23. The molecule has 2 heterocycles. The normalized spacial score (nSPS) is 14.7. The highest BCUT2D eigenvalue weighted by Crippen LogP contribution is 2.38. The van der Waals surface area contributed by atoms with E-state index in [4.69, 9.17) is 21.1 Å². The van der Waals surface area contributed by atoms with Crippen LogP contribution in [0.5, 0.6) is 11.5 Å². The number of ether oxygens (including phenoxy) is 2. The Labute approximate surface area is 141 Å². The maximum absolute atomic E-state index is 6.26. The van der Waals surface area contributed by atoms with Gasteiger partial charge in [-0.25, -0.2) is 4.98 Å². The Balaban J connectivity index is 1.52. The van der Waals surface area contributed by atoms with Crippen molar-refractivity contribution >= 4 is 11.6 Å². The number of aryl methyl sites for hydroxylation is 1. The van der Waals surface area contributed by atoms with Gasteiger partial charge in [-0.3, -0.25) is 0 Å². The van der Waals surface area contributed by atoms with Crippen molar-refractivity contribution in [3.63, 3.8) is 0 Å². The van der Waals surface area contributed by atoms with Gasteiger partial charge in [0.25, 0.3) is 0 Å².